The molecule has 196 valence electrons. The highest BCUT2D eigenvalue weighted by Gasteiger charge is 2.36. The van der Waals surface area contributed by atoms with Crippen molar-refractivity contribution in [3.8, 4) is 0 Å². The third-order valence-corrected chi connectivity index (χ3v) is 6.69. The molecule has 0 radical (unpaired) electrons. The van der Waals surface area contributed by atoms with Gasteiger partial charge in [-0.1, -0.05) is 54.1 Å². The first-order valence-electron chi connectivity index (χ1n) is 12.6. The van der Waals surface area contributed by atoms with Gasteiger partial charge in [-0.15, -0.1) is 0 Å². The van der Waals surface area contributed by atoms with Crippen molar-refractivity contribution in [1.29, 1.82) is 0 Å². The maximum atomic E-state index is 13.3. The number of amides is 2. The number of esters is 1. The second kappa shape index (κ2) is 11.9. The topological polar surface area (TPSA) is 75.7 Å². The van der Waals surface area contributed by atoms with Crippen LogP contribution in [-0.4, -0.2) is 29.3 Å². The third-order valence-electron chi connectivity index (χ3n) is 6.69. The Bertz CT molecular complexity index is 1360. The molecular weight excluding hydrogens is 483 g/mol. The Morgan fingerprint density at radius 3 is 2.39 bits per heavy atom. The van der Waals surface area contributed by atoms with E-state index in [1.165, 1.54) is 12.1 Å². The van der Waals surface area contributed by atoms with Crippen molar-refractivity contribution in [1.82, 2.24) is 10.2 Å². The summed E-state index contributed by atoms with van der Waals surface area (Å²) in [7, 11) is 0. The zero-order valence-corrected chi connectivity index (χ0v) is 21.8. The number of hydrogen-bond acceptors (Lipinski definition) is 4. The minimum atomic E-state index is -0.429. The molecule has 0 aliphatic carbocycles. The van der Waals surface area contributed by atoms with E-state index in [1.54, 1.807) is 49.1 Å². The number of benzene rings is 3. The smallest absolute Gasteiger partial charge is 0.336 e. The van der Waals surface area contributed by atoms with Crippen LogP contribution < -0.4 is 5.32 Å². The van der Waals surface area contributed by atoms with Gasteiger partial charge in [0.15, 0.2) is 0 Å². The third kappa shape index (κ3) is 6.17. The standard InChI is InChI=1S/C31H31FN2O4/c1-4-38-31(37)29-21(3)34(28(35)17-27(29)24-12-8-20(2)9-13-24)19-23-6-5-7-25(16-23)30(36)33-18-22-10-14-26(32)15-11-22/h5-16,27H,4,17-19H2,1-3H3,(H,33,36). The monoisotopic (exact) mass is 514 g/mol. The summed E-state index contributed by atoms with van der Waals surface area (Å²) in [5, 5.41) is 2.83. The van der Waals surface area contributed by atoms with Gasteiger partial charge >= 0.3 is 5.97 Å². The van der Waals surface area contributed by atoms with Crippen molar-refractivity contribution in [3.63, 3.8) is 0 Å². The first-order chi connectivity index (χ1) is 18.3. The molecule has 3 aromatic rings. The summed E-state index contributed by atoms with van der Waals surface area (Å²) < 4.78 is 18.5. The van der Waals surface area contributed by atoms with Crippen LogP contribution in [0.3, 0.4) is 0 Å². The van der Waals surface area contributed by atoms with E-state index in [9.17, 15) is 18.8 Å². The normalized spacial score (nSPS) is 15.4. The van der Waals surface area contributed by atoms with E-state index in [0.717, 1.165) is 22.3 Å². The molecule has 0 saturated heterocycles. The molecule has 4 rings (SSSR count). The van der Waals surface area contributed by atoms with Crippen LogP contribution in [0.1, 0.15) is 58.8 Å². The molecule has 0 saturated carbocycles. The highest BCUT2D eigenvalue weighted by Crippen LogP contribution is 2.37. The summed E-state index contributed by atoms with van der Waals surface area (Å²) >= 11 is 0. The predicted molar refractivity (Wildman–Crippen MR) is 142 cm³/mol. The number of rotatable bonds is 8. The van der Waals surface area contributed by atoms with Gasteiger partial charge < -0.3 is 15.0 Å². The van der Waals surface area contributed by atoms with Crippen molar-refractivity contribution < 1.29 is 23.5 Å². The van der Waals surface area contributed by atoms with Crippen molar-refractivity contribution in [2.75, 3.05) is 6.61 Å². The molecule has 1 aliphatic rings. The Labute approximate surface area is 222 Å². The van der Waals surface area contributed by atoms with Crippen LogP contribution in [0.4, 0.5) is 4.39 Å². The van der Waals surface area contributed by atoms with Crippen molar-refractivity contribution in [2.45, 2.75) is 46.2 Å². The summed E-state index contributed by atoms with van der Waals surface area (Å²) in [4.78, 5) is 40.7. The molecule has 7 heteroatoms. The molecular formula is C31H31FN2O4. The summed E-state index contributed by atoms with van der Waals surface area (Å²) in [6, 6.07) is 20.8. The first-order valence-corrected chi connectivity index (χ1v) is 12.6. The second-order valence-corrected chi connectivity index (χ2v) is 9.38. The predicted octanol–water partition coefficient (Wildman–Crippen LogP) is 5.42. The van der Waals surface area contributed by atoms with Gasteiger partial charge in [-0.3, -0.25) is 9.59 Å². The van der Waals surface area contributed by atoms with Crippen molar-refractivity contribution in [3.05, 3.63) is 118 Å². The Morgan fingerprint density at radius 2 is 1.71 bits per heavy atom. The minimum Gasteiger partial charge on any atom is -0.463 e. The number of hydrogen-bond donors (Lipinski definition) is 1. The lowest BCUT2D eigenvalue weighted by molar-refractivity contribution is -0.140. The van der Waals surface area contributed by atoms with Crippen LogP contribution in [0, 0.1) is 12.7 Å². The number of ether oxygens (including phenoxy) is 1. The average molecular weight is 515 g/mol. The number of aryl methyl sites for hydroxylation is 1. The molecule has 1 aliphatic heterocycles. The van der Waals surface area contributed by atoms with Crippen LogP contribution in [0.5, 0.6) is 0 Å². The van der Waals surface area contributed by atoms with E-state index >= 15 is 0 Å². The van der Waals surface area contributed by atoms with Crippen molar-refractivity contribution in [2.24, 2.45) is 0 Å². The maximum Gasteiger partial charge on any atom is 0.336 e. The maximum absolute atomic E-state index is 13.3. The summed E-state index contributed by atoms with van der Waals surface area (Å²) in [5.74, 6) is -1.53. The fourth-order valence-corrected chi connectivity index (χ4v) is 4.64. The Hall–Kier alpha value is -4.26. The molecule has 2 amide bonds. The lowest BCUT2D eigenvalue weighted by atomic mass is 9.83. The highest BCUT2D eigenvalue weighted by molar-refractivity contribution is 5.96. The van der Waals surface area contributed by atoms with Crippen LogP contribution in [0.25, 0.3) is 0 Å². The van der Waals surface area contributed by atoms with Crippen molar-refractivity contribution >= 4 is 17.8 Å². The van der Waals surface area contributed by atoms with Gasteiger partial charge in [0.2, 0.25) is 5.91 Å². The summed E-state index contributed by atoms with van der Waals surface area (Å²) in [6.07, 6.45) is 0.145. The minimum absolute atomic E-state index is 0.104. The van der Waals surface area contributed by atoms with Crippen LogP contribution in [0.2, 0.25) is 0 Å². The zero-order valence-electron chi connectivity index (χ0n) is 21.8. The quantitative estimate of drug-likeness (QED) is 0.408. The van der Waals surface area contributed by atoms with E-state index < -0.39 is 5.97 Å². The van der Waals surface area contributed by atoms with Gasteiger partial charge in [0.05, 0.1) is 18.7 Å². The highest BCUT2D eigenvalue weighted by atomic mass is 19.1. The average Bonchev–Trinajstić information content (AvgIpc) is 2.91. The first kappa shape index (κ1) is 26.8. The van der Waals surface area contributed by atoms with E-state index in [4.69, 9.17) is 4.74 Å². The van der Waals surface area contributed by atoms with Gasteiger partial charge in [0.25, 0.3) is 5.91 Å². The van der Waals surface area contributed by atoms with Gasteiger partial charge in [0.1, 0.15) is 5.82 Å². The molecule has 0 fully saturated rings. The molecule has 1 heterocycles. The number of nitrogens with zero attached hydrogens (tertiary/aromatic N) is 1. The fourth-order valence-electron chi connectivity index (χ4n) is 4.64. The Morgan fingerprint density at radius 1 is 1.00 bits per heavy atom. The molecule has 3 aromatic carbocycles. The van der Waals surface area contributed by atoms with E-state index in [0.29, 0.717) is 16.8 Å². The molecule has 1 N–H and O–H groups in total. The molecule has 6 nitrogen and oxygen atoms in total. The Kier molecular flexibility index (Phi) is 8.36. The Balaban J connectivity index is 1.56. The molecule has 1 unspecified atom stereocenters. The van der Waals surface area contributed by atoms with Gasteiger partial charge in [-0.25, -0.2) is 9.18 Å². The number of nitrogens with one attached hydrogen (secondary N) is 1. The SMILES string of the molecule is CCOC(=O)C1=C(C)N(Cc2cccc(C(=O)NCc3ccc(F)cc3)c2)C(=O)CC1c1ccc(C)cc1. The number of allylic oxidation sites excluding steroid dienone is 1. The largest absolute Gasteiger partial charge is 0.463 e. The molecule has 0 bridgehead atoms. The molecule has 0 spiro atoms. The van der Waals surface area contributed by atoms with Crippen LogP contribution in [0.15, 0.2) is 84.1 Å². The van der Waals surface area contributed by atoms with E-state index in [-0.39, 0.29) is 49.7 Å². The summed E-state index contributed by atoms with van der Waals surface area (Å²) in [5.41, 5.74) is 5.00. The number of halogens is 1. The number of carbonyl (C=O) groups is 3. The van der Waals surface area contributed by atoms with Crippen LogP contribution >= 0.6 is 0 Å². The molecule has 38 heavy (non-hydrogen) atoms. The van der Waals surface area contributed by atoms with E-state index in [1.807, 2.05) is 37.3 Å². The zero-order chi connectivity index (χ0) is 27.2. The van der Waals surface area contributed by atoms with Crippen LogP contribution in [-0.2, 0) is 27.4 Å². The molecule has 0 aromatic heterocycles. The number of carbonyl (C=O) groups excluding carboxylic acids is 3. The lowest BCUT2D eigenvalue weighted by Crippen LogP contribution is -2.38. The second-order valence-electron chi connectivity index (χ2n) is 9.38. The van der Waals surface area contributed by atoms with Gasteiger partial charge in [-0.05, 0) is 61.7 Å². The van der Waals surface area contributed by atoms with E-state index in [2.05, 4.69) is 5.32 Å². The van der Waals surface area contributed by atoms with Gasteiger partial charge in [0, 0.05) is 30.1 Å². The molecule has 1 atom stereocenters. The fraction of sp³-hybridized carbons (Fsp3) is 0.258. The van der Waals surface area contributed by atoms with Gasteiger partial charge in [-0.2, -0.15) is 0 Å². The summed E-state index contributed by atoms with van der Waals surface area (Å²) in [6.45, 7) is 6.23. The lowest BCUT2D eigenvalue weighted by Gasteiger charge is -2.34.